The third-order valence-corrected chi connectivity index (χ3v) is 6.77. The van der Waals surface area contributed by atoms with Crippen molar-refractivity contribution in [3.05, 3.63) is 45.7 Å². The molecule has 1 aromatic heterocycles. The smallest absolute Gasteiger partial charge is 0.270 e. The van der Waals surface area contributed by atoms with Crippen molar-refractivity contribution in [1.29, 1.82) is 0 Å². The number of ether oxygens (including phenoxy) is 1. The van der Waals surface area contributed by atoms with E-state index in [-0.39, 0.29) is 22.8 Å². The van der Waals surface area contributed by atoms with Crippen LogP contribution in [0.2, 0.25) is 0 Å². The molecule has 0 radical (unpaired) electrons. The fourth-order valence-corrected chi connectivity index (χ4v) is 5.14. The predicted molar refractivity (Wildman–Crippen MR) is 112 cm³/mol. The number of carbonyl (C=O) groups is 1. The van der Waals surface area contributed by atoms with Gasteiger partial charge in [0.15, 0.2) is 0 Å². The number of hydrogen-bond acceptors (Lipinski definition) is 4. The molecule has 1 aliphatic heterocycles. The molecule has 0 spiro atoms. The Morgan fingerprint density at radius 3 is 2.64 bits per heavy atom. The van der Waals surface area contributed by atoms with E-state index in [2.05, 4.69) is 17.3 Å². The standard InChI is InChI=1S/C21H27N3O3S/c1-2-3-12-27-16-10-8-14(9-11-16)19-18-20(22-17(25)13-28-19)24(23-21(18)26)15-6-4-5-7-15/h8-11,15,19H,2-7,12-13H2,1H3,(H,22,25)(H,23,26)/t19-/m1/s1. The Balaban J connectivity index is 1.65. The molecule has 28 heavy (non-hydrogen) atoms. The van der Waals surface area contributed by atoms with Crippen LogP contribution in [0.1, 0.15) is 67.9 Å². The lowest BCUT2D eigenvalue weighted by Crippen LogP contribution is -2.18. The van der Waals surface area contributed by atoms with Gasteiger partial charge in [0.05, 0.1) is 29.2 Å². The Hall–Kier alpha value is -2.15. The van der Waals surface area contributed by atoms with E-state index in [9.17, 15) is 9.59 Å². The van der Waals surface area contributed by atoms with Crippen molar-refractivity contribution >= 4 is 23.5 Å². The lowest BCUT2D eigenvalue weighted by atomic mass is 10.1. The van der Waals surface area contributed by atoms with Crippen molar-refractivity contribution in [2.75, 3.05) is 17.7 Å². The molecular weight excluding hydrogens is 374 g/mol. The van der Waals surface area contributed by atoms with Crippen molar-refractivity contribution in [3.63, 3.8) is 0 Å². The average Bonchev–Trinajstić information content (AvgIpc) is 3.28. The highest BCUT2D eigenvalue weighted by atomic mass is 32.2. The van der Waals surface area contributed by atoms with Gasteiger partial charge in [-0.1, -0.05) is 38.3 Å². The minimum Gasteiger partial charge on any atom is -0.494 e. The minimum atomic E-state index is -0.176. The summed E-state index contributed by atoms with van der Waals surface area (Å²) >= 11 is 1.50. The van der Waals surface area contributed by atoms with Gasteiger partial charge in [0, 0.05) is 0 Å². The van der Waals surface area contributed by atoms with Gasteiger partial charge >= 0.3 is 0 Å². The fourth-order valence-electron chi connectivity index (χ4n) is 4.02. The van der Waals surface area contributed by atoms with Gasteiger partial charge in [-0.3, -0.25) is 19.4 Å². The first-order chi connectivity index (χ1) is 13.7. The number of nitrogens with zero attached hydrogens (tertiary/aromatic N) is 1. The van der Waals surface area contributed by atoms with Crippen LogP contribution in [0.5, 0.6) is 5.75 Å². The van der Waals surface area contributed by atoms with Crippen LogP contribution in [0.15, 0.2) is 29.1 Å². The molecule has 1 fully saturated rings. The number of fused-ring (bicyclic) bond motifs is 1. The summed E-state index contributed by atoms with van der Waals surface area (Å²) in [6.45, 7) is 2.85. The summed E-state index contributed by atoms with van der Waals surface area (Å²) in [6.07, 6.45) is 6.52. The van der Waals surface area contributed by atoms with Crippen LogP contribution >= 0.6 is 11.8 Å². The molecule has 0 bridgehead atoms. The summed E-state index contributed by atoms with van der Waals surface area (Å²) in [4.78, 5) is 25.2. The molecule has 0 saturated heterocycles. The minimum absolute atomic E-state index is 0.0565. The van der Waals surface area contributed by atoms with Crippen LogP contribution in [0.4, 0.5) is 5.82 Å². The molecule has 1 atom stereocenters. The molecule has 6 nitrogen and oxygen atoms in total. The van der Waals surface area contributed by atoms with Crippen LogP contribution < -0.4 is 15.6 Å². The molecule has 1 aliphatic carbocycles. The third kappa shape index (κ3) is 3.85. The second-order valence-electron chi connectivity index (χ2n) is 7.52. The number of aromatic amines is 1. The van der Waals surface area contributed by atoms with Crippen LogP contribution in [0.25, 0.3) is 0 Å². The lowest BCUT2D eigenvalue weighted by Gasteiger charge is -2.17. The van der Waals surface area contributed by atoms with Crippen LogP contribution in [0.3, 0.4) is 0 Å². The van der Waals surface area contributed by atoms with Gasteiger partial charge < -0.3 is 10.1 Å². The van der Waals surface area contributed by atoms with Gasteiger partial charge in [0.1, 0.15) is 11.6 Å². The molecule has 0 unspecified atom stereocenters. The summed E-state index contributed by atoms with van der Waals surface area (Å²) in [5.74, 6) is 1.76. The van der Waals surface area contributed by atoms with Crippen LogP contribution in [-0.2, 0) is 4.79 Å². The highest BCUT2D eigenvalue weighted by molar-refractivity contribution is 8.00. The molecule has 2 N–H and O–H groups in total. The Bertz CT molecular complexity index is 881. The Morgan fingerprint density at radius 1 is 1.18 bits per heavy atom. The van der Waals surface area contributed by atoms with Crippen LogP contribution in [-0.4, -0.2) is 28.0 Å². The summed E-state index contributed by atoms with van der Waals surface area (Å²) < 4.78 is 7.66. The van der Waals surface area contributed by atoms with E-state index in [1.54, 1.807) is 0 Å². The van der Waals surface area contributed by atoms with Crippen molar-refractivity contribution in [2.24, 2.45) is 0 Å². The third-order valence-electron chi connectivity index (χ3n) is 5.50. The number of benzene rings is 1. The van der Waals surface area contributed by atoms with Gasteiger partial charge in [-0.15, -0.1) is 11.8 Å². The quantitative estimate of drug-likeness (QED) is 0.710. The summed E-state index contributed by atoms with van der Waals surface area (Å²) in [7, 11) is 0. The van der Waals surface area contributed by atoms with Crippen LogP contribution in [0, 0.1) is 0 Å². The maximum Gasteiger partial charge on any atom is 0.270 e. The number of amides is 1. The second kappa shape index (κ2) is 8.47. The number of anilines is 1. The van der Waals surface area contributed by atoms with E-state index in [1.807, 2.05) is 28.9 Å². The first-order valence-corrected chi connectivity index (χ1v) is 11.2. The number of thioether (sulfide) groups is 1. The summed E-state index contributed by atoms with van der Waals surface area (Å²) in [5, 5.41) is 5.80. The van der Waals surface area contributed by atoms with E-state index < -0.39 is 0 Å². The first kappa shape index (κ1) is 19.2. The number of rotatable bonds is 6. The molecule has 2 aliphatic rings. The normalized spacial score (nSPS) is 19.9. The molecule has 1 saturated carbocycles. The molecule has 2 heterocycles. The maximum absolute atomic E-state index is 12.9. The second-order valence-corrected chi connectivity index (χ2v) is 8.62. The maximum atomic E-state index is 12.9. The van der Waals surface area contributed by atoms with Crippen molar-refractivity contribution in [2.45, 2.75) is 56.7 Å². The van der Waals surface area contributed by atoms with Gasteiger partial charge in [-0.05, 0) is 37.0 Å². The number of nitrogens with one attached hydrogen (secondary N) is 2. The molecule has 7 heteroatoms. The topological polar surface area (TPSA) is 76.1 Å². The monoisotopic (exact) mass is 401 g/mol. The van der Waals surface area contributed by atoms with E-state index in [0.717, 1.165) is 49.8 Å². The Morgan fingerprint density at radius 2 is 1.93 bits per heavy atom. The van der Waals surface area contributed by atoms with Gasteiger partial charge in [0.25, 0.3) is 5.56 Å². The zero-order valence-corrected chi connectivity index (χ0v) is 17.0. The molecule has 150 valence electrons. The Kier molecular flexibility index (Phi) is 5.80. The zero-order chi connectivity index (χ0) is 19.5. The highest BCUT2D eigenvalue weighted by Crippen LogP contribution is 2.42. The van der Waals surface area contributed by atoms with E-state index in [0.29, 0.717) is 23.7 Å². The van der Waals surface area contributed by atoms with E-state index >= 15 is 0 Å². The summed E-state index contributed by atoms with van der Waals surface area (Å²) in [6, 6.07) is 8.17. The Labute approximate surface area is 169 Å². The molecule has 1 amide bonds. The highest BCUT2D eigenvalue weighted by Gasteiger charge is 2.32. The summed E-state index contributed by atoms with van der Waals surface area (Å²) in [5.41, 5.74) is 1.56. The van der Waals surface area contributed by atoms with E-state index in [1.165, 1.54) is 11.8 Å². The molecule has 4 rings (SSSR count). The average molecular weight is 402 g/mol. The number of aromatic nitrogens is 2. The van der Waals surface area contributed by atoms with Crippen molar-refractivity contribution < 1.29 is 9.53 Å². The molecule has 2 aromatic rings. The number of H-pyrrole nitrogens is 1. The number of carbonyl (C=O) groups excluding carboxylic acids is 1. The van der Waals surface area contributed by atoms with Gasteiger partial charge in [-0.25, -0.2) is 0 Å². The van der Waals surface area contributed by atoms with Crippen molar-refractivity contribution in [1.82, 2.24) is 9.78 Å². The lowest BCUT2D eigenvalue weighted by molar-refractivity contribution is -0.113. The predicted octanol–water partition coefficient (Wildman–Crippen LogP) is 4.25. The van der Waals surface area contributed by atoms with Gasteiger partial charge in [-0.2, -0.15) is 0 Å². The van der Waals surface area contributed by atoms with E-state index in [4.69, 9.17) is 4.74 Å². The zero-order valence-electron chi connectivity index (χ0n) is 16.2. The fraction of sp³-hybridized carbons (Fsp3) is 0.524. The SMILES string of the molecule is CCCCOc1ccc([C@H]2SCC(=O)Nc3c2c(=O)[nH]n3C2CCCC2)cc1. The number of unbranched alkanes of at least 4 members (excludes halogenated alkanes) is 1. The number of hydrogen-bond donors (Lipinski definition) is 2. The molecule has 1 aromatic carbocycles. The largest absolute Gasteiger partial charge is 0.494 e. The molecular formula is C21H27N3O3S. The first-order valence-electron chi connectivity index (χ1n) is 10.2. The van der Waals surface area contributed by atoms with Gasteiger partial charge in [0.2, 0.25) is 5.91 Å². The van der Waals surface area contributed by atoms with Crippen molar-refractivity contribution in [3.8, 4) is 5.75 Å².